The van der Waals surface area contributed by atoms with Crippen LogP contribution in [0.5, 0.6) is 0 Å². The standard InChI is InChI=1S/C12H20N2/c1-9(2)12(13)8-14-11-6-4-10(3)5-7-11/h4-7,9,12,14H,8,13H2,1-3H3. The van der Waals surface area contributed by atoms with E-state index in [-0.39, 0.29) is 6.04 Å². The van der Waals surface area contributed by atoms with Crippen molar-refractivity contribution < 1.29 is 0 Å². The summed E-state index contributed by atoms with van der Waals surface area (Å²) < 4.78 is 0. The van der Waals surface area contributed by atoms with Gasteiger partial charge < -0.3 is 11.1 Å². The summed E-state index contributed by atoms with van der Waals surface area (Å²) in [5.41, 5.74) is 8.36. The Kier molecular flexibility index (Phi) is 3.96. The lowest BCUT2D eigenvalue weighted by molar-refractivity contribution is 0.511. The van der Waals surface area contributed by atoms with Gasteiger partial charge in [0.2, 0.25) is 0 Å². The molecule has 0 amide bonds. The molecule has 0 saturated carbocycles. The Balaban J connectivity index is 2.42. The van der Waals surface area contributed by atoms with E-state index in [1.54, 1.807) is 0 Å². The molecule has 14 heavy (non-hydrogen) atoms. The van der Waals surface area contributed by atoms with Gasteiger partial charge in [-0.05, 0) is 25.0 Å². The van der Waals surface area contributed by atoms with E-state index in [0.29, 0.717) is 5.92 Å². The molecule has 2 nitrogen and oxygen atoms in total. The minimum atomic E-state index is 0.219. The van der Waals surface area contributed by atoms with Crippen LogP contribution in [0.15, 0.2) is 24.3 Å². The van der Waals surface area contributed by atoms with Crippen LogP contribution in [0.2, 0.25) is 0 Å². The molecule has 0 radical (unpaired) electrons. The zero-order chi connectivity index (χ0) is 10.6. The third kappa shape index (κ3) is 3.38. The number of nitrogens with two attached hydrogens (primary N) is 1. The van der Waals surface area contributed by atoms with Crippen LogP contribution in [0.25, 0.3) is 0 Å². The first-order valence-electron chi connectivity index (χ1n) is 5.15. The third-order valence-electron chi connectivity index (χ3n) is 2.45. The van der Waals surface area contributed by atoms with Gasteiger partial charge in [0, 0.05) is 18.3 Å². The highest BCUT2D eigenvalue weighted by molar-refractivity contribution is 5.44. The predicted molar refractivity (Wildman–Crippen MR) is 62.5 cm³/mol. The Bertz CT molecular complexity index is 264. The summed E-state index contributed by atoms with van der Waals surface area (Å²) in [6, 6.07) is 8.59. The Hall–Kier alpha value is -1.02. The summed E-state index contributed by atoms with van der Waals surface area (Å²) in [4.78, 5) is 0. The van der Waals surface area contributed by atoms with Gasteiger partial charge in [0.15, 0.2) is 0 Å². The first-order chi connectivity index (χ1) is 6.59. The first kappa shape index (κ1) is 11.1. The molecule has 0 aliphatic carbocycles. The van der Waals surface area contributed by atoms with E-state index >= 15 is 0 Å². The fraction of sp³-hybridized carbons (Fsp3) is 0.500. The molecule has 1 aromatic rings. The lowest BCUT2D eigenvalue weighted by Crippen LogP contribution is -2.33. The van der Waals surface area contributed by atoms with Gasteiger partial charge in [0.05, 0.1) is 0 Å². The summed E-state index contributed by atoms with van der Waals surface area (Å²) >= 11 is 0. The summed E-state index contributed by atoms with van der Waals surface area (Å²) in [6.45, 7) is 7.20. The van der Waals surface area contributed by atoms with Crippen molar-refractivity contribution in [3.8, 4) is 0 Å². The minimum absolute atomic E-state index is 0.219. The summed E-state index contributed by atoms with van der Waals surface area (Å²) in [5, 5.41) is 3.33. The van der Waals surface area contributed by atoms with Crippen LogP contribution in [0.3, 0.4) is 0 Å². The maximum atomic E-state index is 5.93. The van der Waals surface area contributed by atoms with E-state index in [2.05, 4.69) is 50.4 Å². The quantitative estimate of drug-likeness (QED) is 0.768. The highest BCUT2D eigenvalue weighted by atomic mass is 14.9. The molecular weight excluding hydrogens is 172 g/mol. The van der Waals surface area contributed by atoms with Crippen LogP contribution >= 0.6 is 0 Å². The fourth-order valence-corrected chi connectivity index (χ4v) is 1.14. The van der Waals surface area contributed by atoms with E-state index in [1.165, 1.54) is 5.56 Å². The average molecular weight is 192 g/mol. The van der Waals surface area contributed by atoms with Gasteiger partial charge in [-0.2, -0.15) is 0 Å². The summed E-state index contributed by atoms with van der Waals surface area (Å²) in [5.74, 6) is 0.521. The van der Waals surface area contributed by atoms with Crippen LogP contribution in [0, 0.1) is 12.8 Å². The Morgan fingerprint density at radius 3 is 2.29 bits per heavy atom. The number of nitrogens with one attached hydrogen (secondary N) is 1. The van der Waals surface area contributed by atoms with E-state index < -0.39 is 0 Å². The monoisotopic (exact) mass is 192 g/mol. The zero-order valence-electron chi connectivity index (χ0n) is 9.25. The van der Waals surface area contributed by atoms with Gasteiger partial charge in [0.25, 0.3) is 0 Å². The van der Waals surface area contributed by atoms with Crippen LogP contribution < -0.4 is 11.1 Å². The highest BCUT2D eigenvalue weighted by Gasteiger charge is 2.06. The number of aryl methyl sites for hydroxylation is 1. The lowest BCUT2D eigenvalue weighted by Gasteiger charge is -2.16. The van der Waals surface area contributed by atoms with Gasteiger partial charge in [-0.25, -0.2) is 0 Å². The van der Waals surface area contributed by atoms with Crippen molar-refractivity contribution in [2.75, 3.05) is 11.9 Å². The van der Waals surface area contributed by atoms with Crippen LogP contribution in [-0.4, -0.2) is 12.6 Å². The second-order valence-electron chi connectivity index (χ2n) is 4.15. The normalized spacial score (nSPS) is 12.9. The SMILES string of the molecule is Cc1ccc(NCC(N)C(C)C)cc1. The predicted octanol–water partition coefficient (Wildman–Crippen LogP) is 2.39. The van der Waals surface area contributed by atoms with Crippen molar-refractivity contribution in [1.82, 2.24) is 0 Å². The molecule has 0 aromatic heterocycles. The maximum absolute atomic E-state index is 5.93. The minimum Gasteiger partial charge on any atom is -0.383 e. The number of hydrogen-bond donors (Lipinski definition) is 2. The summed E-state index contributed by atoms with van der Waals surface area (Å²) in [6.07, 6.45) is 0. The molecule has 3 N–H and O–H groups in total. The third-order valence-corrected chi connectivity index (χ3v) is 2.45. The van der Waals surface area contributed by atoms with Gasteiger partial charge >= 0.3 is 0 Å². The van der Waals surface area contributed by atoms with Crippen molar-refractivity contribution >= 4 is 5.69 Å². The smallest absolute Gasteiger partial charge is 0.0340 e. The molecule has 1 rings (SSSR count). The molecule has 1 unspecified atom stereocenters. The molecule has 0 fully saturated rings. The van der Waals surface area contributed by atoms with Crippen molar-refractivity contribution in [3.63, 3.8) is 0 Å². The molecule has 0 aliphatic heterocycles. The first-order valence-corrected chi connectivity index (χ1v) is 5.15. The Labute approximate surface area is 86.5 Å². The molecule has 2 heteroatoms. The van der Waals surface area contributed by atoms with Crippen molar-refractivity contribution in [2.45, 2.75) is 26.8 Å². The fourth-order valence-electron chi connectivity index (χ4n) is 1.14. The molecule has 0 bridgehead atoms. The van der Waals surface area contributed by atoms with E-state index in [0.717, 1.165) is 12.2 Å². The maximum Gasteiger partial charge on any atom is 0.0340 e. The van der Waals surface area contributed by atoms with Gasteiger partial charge in [-0.1, -0.05) is 31.5 Å². The zero-order valence-corrected chi connectivity index (χ0v) is 9.25. The molecule has 0 saturated heterocycles. The van der Waals surface area contributed by atoms with Gasteiger partial charge in [0.1, 0.15) is 0 Å². The van der Waals surface area contributed by atoms with E-state index in [4.69, 9.17) is 5.73 Å². The Morgan fingerprint density at radius 1 is 1.21 bits per heavy atom. The van der Waals surface area contributed by atoms with Gasteiger partial charge in [-0.3, -0.25) is 0 Å². The van der Waals surface area contributed by atoms with Crippen molar-refractivity contribution in [2.24, 2.45) is 11.7 Å². The molecule has 0 spiro atoms. The molecule has 0 aliphatic rings. The number of hydrogen-bond acceptors (Lipinski definition) is 2. The molecule has 78 valence electrons. The van der Waals surface area contributed by atoms with Crippen molar-refractivity contribution in [1.29, 1.82) is 0 Å². The topological polar surface area (TPSA) is 38.0 Å². The summed E-state index contributed by atoms with van der Waals surface area (Å²) in [7, 11) is 0. The Morgan fingerprint density at radius 2 is 1.79 bits per heavy atom. The average Bonchev–Trinajstić information content (AvgIpc) is 2.16. The van der Waals surface area contributed by atoms with Crippen LogP contribution in [0.1, 0.15) is 19.4 Å². The number of rotatable bonds is 4. The second-order valence-corrected chi connectivity index (χ2v) is 4.15. The van der Waals surface area contributed by atoms with E-state index in [1.807, 2.05) is 0 Å². The number of benzene rings is 1. The molecule has 1 atom stereocenters. The molecular formula is C12H20N2. The molecule has 1 aromatic carbocycles. The molecule has 0 heterocycles. The van der Waals surface area contributed by atoms with Crippen LogP contribution in [0.4, 0.5) is 5.69 Å². The second kappa shape index (κ2) is 5.01. The largest absolute Gasteiger partial charge is 0.383 e. The van der Waals surface area contributed by atoms with Gasteiger partial charge in [-0.15, -0.1) is 0 Å². The highest BCUT2D eigenvalue weighted by Crippen LogP contribution is 2.09. The lowest BCUT2D eigenvalue weighted by atomic mass is 10.1. The van der Waals surface area contributed by atoms with Crippen molar-refractivity contribution in [3.05, 3.63) is 29.8 Å². The number of anilines is 1. The van der Waals surface area contributed by atoms with Crippen LogP contribution in [-0.2, 0) is 0 Å². The van der Waals surface area contributed by atoms with E-state index in [9.17, 15) is 0 Å².